The number of rotatable bonds is 6. The minimum Gasteiger partial charge on any atom is -0.451 e. The van der Waals surface area contributed by atoms with Gasteiger partial charge in [0.1, 0.15) is 6.54 Å². The fourth-order valence-corrected chi connectivity index (χ4v) is 2.18. The van der Waals surface area contributed by atoms with Gasteiger partial charge in [-0.15, -0.1) is 0 Å². The maximum Gasteiger partial charge on any atom is 0.326 e. The predicted octanol–water partition coefficient (Wildman–Crippen LogP) is 2.75. The van der Waals surface area contributed by atoms with Gasteiger partial charge in [0.15, 0.2) is 6.10 Å². The van der Waals surface area contributed by atoms with E-state index in [-0.39, 0.29) is 12.5 Å². The lowest BCUT2D eigenvalue weighted by molar-refractivity contribution is -0.152. The van der Waals surface area contributed by atoms with Gasteiger partial charge in [0.2, 0.25) is 0 Å². The summed E-state index contributed by atoms with van der Waals surface area (Å²) in [4.78, 5) is 35.6. The average Bonchev–Trinajstić information content (AvgIpc) is 2.62. The molecule has 2 N–H and O–H groups in total. The molecule has 0 spiro atoms. The predicted molar refractivity (Wildman–Crippen MR) is 97.1 cm³/mol. The van der Waals surface area contributed by atoms with Gasteiger partial charge >= 0.3 is 5.97 Å². The van der Waals surface area contributed by atoms with Gasteiger partial charge in [0.25, 0.3) is 11.8 Å². The maximum absolute atomic E-state index is 12.0. The van der Waals surface area contributed by atoms with Crippen LogP contribution in [-0.2, 0) is 14.3 Å². The third-order valence-electron chi connectivity index (χ3n) is 3.22. The Hall–Kier alpha value is -2.67. The number of halogens is 1. The minimum absolute atomic E-state index is 0.316. The van der Waals surface area contributed by atoms with E-state index in [0.717, 1.165) is 4.47 Å². The Morgan fingerprint density at radius 1 is 1.04 bits per heavy atom. The van der Waals surface area contributed by atoms with Crippen molar-refractivity contribution in [2.24, 2.45) is 0 Å². The molecule has 0 unspecified atom stereocenters. The second kappa shape index (κ2) is 8.98. The first-order valence-corrected chi connectivity index (χ1v) is 8.34. The first kappa shape index (κ1) is 18.7. The molecule has 2 rings (SSSR count). The Labute approximate surface area is 153 Å². The van der Waals surface area contributed by atoms with Crippen LogP contribution < -0.4 is 10.6 Å². The number of carbonyl (C=O) groups excluding carboxylic acids is 3. The maximum atomic E-state index is 12.0. The van der Waals surface area contributed by atoms with E-state index in [9.17, 15) is 14.4 Å². The quantitative estimate of drug-likeness (QED) is 0.724. The highest BCUT2D eigenvalue weighted by Crippen LogP contribution is 2.14. The first-order chi connectivity index (χ1) is 12.0. The lowest BCUT2D eigenvalue weighted by Crippen LogP contribution is -2.35. The molecule has 0 fully saturated rings. The molecule has 25 heavy (non-hydrogen) atoms. The number of amides is 2. The van der Waals surface area contributed by atoms with Crippen LogP contribution in [0.1, 0.15) is 17.3 Å². The highest BCUT2D eigenvalue weighted by atomic mass is 79.9. The van der Waals surface area contributed by atoms with E-state index in [4.69, 9.17) is 4.74 Å². The number of nitrogens with one attached hydrogen (secondary N) is 2. The van der Waals surface area contributed by atoms with Crippen molar-refractivity contribution in [2.75, 3.05) is 11.9 Å². The van der Waals surface area contributed by atoms with Gasteiger partial charge in [0, 0.05) is 15.7 Å². The van der Waals surface area contributed by atoms with Gasteiger partial charge in [-0.2, -0.15) is 0 Å². The molecule has 2 aromatic carbocycles. The fourth-order valence-electron chi connectivity index (χ4n) is 1.91. The van der Waals surface area contributed by atoms with Crippen molar-refractivity contribution in [2.45, 2.75) is 13.0 Å². The molecule has 0 radical (unpaired) electrons. The molecule has 0 aliphatic heterocycles. The van der Waals surface area contributed by atoms with Crippen molar-refractivity contribution in [3.8, 4) is 0 Å². The van der Waals surface area contributed by atoms with Gasteiger partial charge < -0.3 is 15.4 Å². The normalized spacial score (nSPS) is 11.3. The molecule has 2 amide bonds. The van der Waals surface area contributed by atoms with E-state index < -0.39 is 18.0 Å². The highest BCUT2D eigenvalue weighted by molar-refractivity contribution is 9.10. The van der Waals surface area contributed by atoms with Crippen LogP contribution in [0.25, 0.3) is 0 Å². The topological polar surface area (TPSA) is 84.5 Å². The number of benzene rings is 2. The monoisotopic (exact) mass is 404 g/mol. The number of hydrogen-bond donors (Lipinski definition) is 2. The second-order valence-electron chi connectivity index (χ2n) is 5.18. The Morgan fingerprint density at radius 2 is 1.68 bits per heavy atom. The lowest BCUT2D eigenvalue weighted by atomic mass is 10.2. The van der Waals surface area contributed by atoms with Gasteiger partial charge in [-0.1, -0.05) is 34.1 Å². The molecule has 1 atom stereocenters. The number of hydrogen-bond acceptors (Lipinski definition) is 4. The van der Waals surface area contributed by atoms with Crippen molar-refractivity contribution in [3.05, 3.63) is 64.6 Å². The summed E-state index contributed by atoms with van der Waals surface area (Å²) < 4.78 is 5.91. The van der Waals surface area contributed by atoms with Crippen LogP contribution >= 0.6 is 15.9 Å². The van der Waals surface area contributed by atoms with E-state index in [1.54, 1.807) is 54.6 Å². The molecule has 0 aliphatic rings. The minimum atomic E-state index is -0.982. The molecule has 0 aromatic heterocycles. The van der Waals surface area contributed by atoms with Gasteiger partial charge in [-0.05, 0) is 43.3 Å². The summed E-state index contributed by atoms with van der Waals surface area (Å²) in [5.41, 5.74) is 1.03. The number of esters is 1. The SMILES string of the molecule is C[C@H](OC(=O)CNC(=O)c1ccccc1)C(=O)Nc1ccc(Br)cc1. The summed E-state index contributed by atoms with van der Waals surface area (Å²) in [6, 6.07) is 15.5. The molecule has 0 saturated heterocycles. The molecule has 0 heterocycles. The number of anilines is 1. The van der Waals surface area contributed by atoms with Crippen LogP contribution in [0, 0.1) is 0 Å². The zero-order valence-electron chi connectivity index (χ0n) is 13.5. The molecule has 2 aromatic rings. The Kier molecular flexibility index (Phi) is 6.71. The van der Waals surface area contributed by atoms with Crippen LogP contribution in [0.3, 0.4) is 0 Å². The molecule has 0 saturated carbocycles. The Balaban J connectivity index is 1.78. The smallest absolute Gasteiger partial charge is 0.326 e. The van der Waals surface area contributed by atoms with Gasteiger partial charge in [-0.25, -0.2) is 0 Å². The van der Waals surface area contributed by atoms with Crippen LogP contribution in [0.2, 0.25) is 0 Å². The highest BCUT2D eigenvalue weighted by Gasteiger charge is 2.18. The molecule has 7 heteroatoms. The van der Waals surface area contributed by atoms with E-state index in [1.165, 1.54) is 6.92 Å². The fraction of sp³-hybridized carbons (Fsp3) is 0.167. The van der Waals surface area contributed by atoms with Crippen LogP contribution in [-0.4, -0.2) is 30.4 Å². The summed E-state index contributed by atoms with van der Waals surface area (Å²) in [5, 5.41) is 5.09. The Morgan fingerprint density at radius 3 is 2.32 bits per heavy atom. The first-order valence-electron chi connectivity index (χ1n) is 7.55. The van der Waals surface area contributed by atoms with Crippen molar-refractivity contribution < 1.29 is 19.1 Å². The average molecular weight is 405 g/mol. The number of ether oxygens (including phenoxy) is 1. The largest absolute Gasteiger partial charge is 0.451 e. The zero-order valence-corrected chi connectivity index (χ0v) is 15.1. The third-order valence-corrected chi connectivity index (χ3v) is 3.75. The standard InChI is InChI=1S/C18H17BrN2O4/c1-12(17(23)21-15-9-7-14(19)8-10-15)25-16(22)11-20-18(24)13-5-3-2-4-6-13/h2-10,12H,11H2,1H3,(H,20,24)(H,21,23)/t12-/m0/s1. The van der Waals surface area contributed by atoms with E-state index in [2.05, 4.69) is 26.6 Å². The van der Waals surface area contributed by atoms with Crippen molar-refractivity contribution >= 4 is 39.4 Å². The third kappa shape index (κ3) is 6.04. The molecular weight excluding hydrogens is 388 g/mol. The summed E-state index contributed by atoms with van der Waals surface area (Å²) in [6.07, 6.45) is -0.982. The van der Waals surface area contributed by atoms with Gasteiger partial charge in [-0.3, -0.25) is 14.4 Å². The van der Waals surface area contributed by atoms with E-state index in [1.807, 2.05) is 0 Å². The summed E-state index contributed by atoms with van der Waals surface area (Å²) in [6.45, 7) is 1.15. The van der Waals surface area contributed by atoms with E-state index >= 15 is 0 Å². The molecule has 0 bridgehead atoms. The summed E-state index contributed by atoms with van der Waals surface area (Å²) >= 11 is 3.30. The van der Waals surface area contributed by atoms with Crippen molar-refractivity contribution in [1.82, 2.24) is 5.32 Å². The van der Waals surface area contributed by atoms with Crippen LogP contribution in [0.5, 0.6) is 0 Å². The van der Waals surface area contributed by atoms with E-state index in [0.29, 0.717) is 11.3 Å². The molecule has 6 nitrogen and oxygen atoms in total. The molecule has 130 valence electrons. The Bertz CT molecular complexity index is 747. The van der Waals surface area contributed by atoms with Crippen LogP contribution in [0.15, 0.2) is 59.1 Å². The van der Waals surface area contributed by atoms with Crippen LogP contribution in [0.4, 0.5) is 5.69 Å². The zero-order chi connectivity index (χ0) is 18.2. The second-order valence-corrected chi connectivity index (χ2v) is 6.09. The van der Waals surface area contributed by atoms with Crippen molar-refractivity contribution in [3.63, 3.8) is 0 Å². The number of carbonyl (C=O) groups is 3. The van der Waals surface area contributed by atoms with Crippen molar-refractivity contribution in [1.29, 1.82) is 0 Å². The summed E-state index contributed by atoms with van der Waals surface area (Å²) in [7, 11) is 0. The lowest BCUT2D eigenvalue weighted by Gasteiger charge is -2.14. The summed E-state index contributed by atoms with van der Waals surface area (Å²) in [5.74, 6) is -1.53. The van der Waals surface area contributed by atoms with Gasteiger partial charge in [0.05, 0.1) is 0 Å². The molecule has 0 aliphatic carbocycles. The molecular formula is C18H17BrN2O4.